The number of aromatic nitrogens is 3. The Morgan fingerprint density at radius 1 is 1.00 bits per heavy atom. The largest absolute Gasteiger partial charge is 0.264 e. The van der Waals surface area contributed by atoms with Crippen molar-refractivity contribution in [1.82, 2.24) is 15.0 Å². The first-order valence-electron chi connectivity index (χ1n) is 6.51. The summed E-state index contributed by atoms with van der Waals surface area (Å²) < 4.78 is 0. The Morgan fingerprint density at radius 3 is 2.57 bits per heavy atom. The molecule has 2 aromatic heterocycles. The van der Waals surface area contributed by atoms with Crippen molar-refractivity contribution in [1.29, 1.82) is 5.26 Å². The highest BCUT2D eigenvalue weighted by Crippen LogP contribution is 2.35. The highest BCUT2D eigenvalue weighted by molar-refractivity contribution is 5.87. The summed E-state index contributed by atoms with van der Waals surface area (Å²) in [6.07, 6.45) is 6.70. The highest BCUT2D eigenvalue weighted by atomic mass is 14.8. The third kappa shape index (κ3) is 2.37. The summed E-state index contributed by atoms with van der Waals surface area (Å²) in [6, 6.07) is 11.7. The fourth-order valence-corrected chi connectivity index (χ4v) is 2.39. The number of hydrogen-bond donors (Lipinski definition) is 0. The molecule has 0 aliphatic heterocycles. The van der Waals surface area contributed by atoms with Crippen molar-refractivity contribution in [2.45, 2.75) is 6.92 Å². The monoisotopic (exact) mass is 272 g/mol. The molecule has 0 aliphatic carbocycles. The molecule has 0 radical (unpaired) electrons. The summed E-state index contributed by atoms with van der Waals surface area (Å²) in [5, 5.41) is 9.43. The second-order valence-corrected chi connectivity index (χ2v) is 4.63. The highest BCUT2D eigenvalue weighted by Gasteiger charge is 2.16. The molecule has 3 rings (SSSR count). The molecule has 0 saturated heterocycles. The van der Waals surface area contributed by atoms with Crippen LogP contribution < -0.4 is 0 Å². The zero-order valence-electron chi connectivity index (χ0n) is 11.5. The van der Waals surface area contributed by atoms with Gasteiger partial charge in [-0.2, -0.15) is 5.26 Å². The zero-order valence-corrected chi connectivity index (χ0v) is 11.5. The van der Waals surface area contributed by atoms with Crippen molar-refractivity contribution in [2.24, 2.45) is 0 Å². The van der Waals surface area contributed by atoms with Crippen molar-refractivity contribution in [3.63, 3.8) is 0 Å². The van der Waals surface area contributed by atoms with Crippen molar-refractivity contribution < 1.29 is 0 Å². The van der Waals surface area contributed by atoms with Gasteiger partial charge in [0.05, 0.1) is 17.3 Å². The lowest BCUT2D eigenvalue weighted by atomic mass is 9.90. The van der Waals surface area contributed by atoms with Crippen LogP contribution in [0.15, 0.2) is 55.2 Å². The van der Waals surface area contributed by atoms with Crippen molar-refractivity contribution in [2.75, 3.05) is 0 Å². The summed E-state index contributed by atoms with van der Waals surface area (Å²) in [5.74, 6) is 0. The molecule has 21 heavy (non-hydrogen) atoms. The molecule has 0 atom stereocenters. The third-order valence-electron chi connectivity index (χ3n) is 3.32. The second kappa shape index (κ2) is 5.51. The molecule has 2 heterocycles. The van der Waals surface area contributed by atoms with E-state index in [9.17, 15) is 5.26 Å². The van der Waals surface area contributed by atoms with Gasteiger partial charge < -0.3 is 0 Å². The fraction of sp³-hybridized carbons (Fsp3) is 0.0588. The number of benzene rings is 1. The molecule has 1 aromatic carbocycles. The van der Waals surface area contributed by atoms with Crippen molar-refractivity contribution in [3.05, 3.63) is 66.4 Å². The molecular formula is C17H12N4. The van der Waals surface area contributed by atoms with Crippen LogP contribution in [0.4, 0.5) is 0 Å². The van der Waals surface area contributed by atoms with Crippen LogP contribution in [0, 0.1) is 18.3 Å². The van der Waals surface area contributed by atoms with E-state index in [1.54, 1.807) is 18.6 Å². The average Bonchev–Trinajstić information content (AvgIpc) is 2.56. The SMILES string of the molecule is Cc1ccc(C#N)c(-c2ccncn2)c1-c1cccnc1. The Balaban J connectivity index is 2.37. The van der Waals surface area contributed by atoms with Crippen LogP contribution in [0.3, 0.4) is 0 Å². The topological polar surface area (TPSA) is 62.5 Å². The van der Waals surface area contributed by atoms with Crippen LogP contribution in [0.1, 0.15) is 11.1 Å². The molecule has 0 saturated carbocycles. The Hall–Kier alpha value is -3.06. The van der Waals surface area contributed by atoms with E-state index in [0.717, 1.165) is 27.9 Å². The van der Waals surface area contributed by atoms with E-state index in [2.05, 4.69) is 21.0 Å². The van der Waals surface area contributed by atoms with Crippen molar-refractivity contribution >= 4 is 0 Å². The Bertz CT molecular complexity index is 805. The van der Waals surface area contributed by atoms with E-state index >= 15 is 0 Å². The maximum atomic E-state index is 9.43. The van der Waals surface area contributed by atoms with Gasteiger partial charge in [0.1, 0.15) is 6.33 Å². The summed E-state index contributed by atoms with van der Waals surface area (Å²) in [5.41, 5.74) is 5.20. The van der Waals surface area contributed by atoms with Gasteiger partial charge >= 0.3 is 0 Å². The number of rotatable bonds is 2. The lowest BCUT2D eigenvalue weighted by Crippen LogP contribution is -1.95. The molecule has 0 unspecified atom stereocenters. The maximum Gasteiger partial charge on any atom is 0.116 e. The van der Waals surface area contributed by atoms with Gasteiger partial charge in [0.15, 0.2) is 0 Å². The lowest BCUT2D eigenvalue weighted by molar-refractivity contribution is 1.17. The maximum absolute atomic E-state index is 9.43. The van der Waals surface area contributed by atoms with Crippen LogP contribution in [-0.2, 0) is 0 Å². The molecule has 0 fully saturated rings. The van der Waals surface area contributed by atoms with Crippen LogP contribution >= 0.6 is 0 Å². The minimum Gasteiger partial charge on any atom is -0.264 e. The second-order valence-electron chi connectivity index (χ2n) is 4.63. The van der Waals surface area contributed by atoms with Crippen LogP contribution in [0.25, 0.3) is 22.4 Å². The molecule has 0 amide bonds. The molecule has 3 aromatic rings. The molecule has 0 N–H and O–H groups in total. The molecule has 100 valence electrons. The number of nitrogens with zero attached hydrogens (tertiary/aromatic N) is 4. The van der Waals surface area contributed by atoms with Crippen LogP contribution in [0.2, 0.25) is 0 Å². The fourth-order valence-electron chi connectivity index (χ4n) is 2.39. The number of pyridine rings is 1. The molecule has 4 nitrogen and oxygen atoms in total. The molecular weight excluding hydrogens is 260 g/mol. The minimum absolute atomic E-state index is 0.596. The normalized spacial score (nSPS) is 10.1. The molecule has 0 bridgehead atoms. The number of hydrogen-bond acceptors (Lipinski definition) is 4. The first-order valence-corrected chi connectivity index (χ1v) is 6.51. The predicted octanol–water partition coefficient (Wildman–Crippen LogP) is 3.39. The van der Waals surface area contributed by atoms with E-state index < -0.39 is 0 Å². The quantitative estimate of drug-likeness (QED) is 0.717. The zero-order chi connectivity index (χ0) is 14.7. The van der Waals surface area contributed by atoms with Gasteiger partial charge in [-0.15, -0.1) is 0 Å². The summed E-state index contributed by atoms with van der Waals surface area (Å²) in [6.45, 7) is 2.02. The first kappa shape index (κ1) is 12.9. The standard InChI is InChI=1S/C17H12N4/c1-12-4-5-13(9-18)17(15-6-8-20-11-21-15)16(12)14-3-2-7-19-10-14/h2-8,10-11H,1H3. The van der Waals surface area contributed by atoms with E-state index in [0.29, 0.717) is 5.56 Å². The van der Waals surface area contributed by atoms with Gasteiger partial charge in [-0.05, 0) is 36.2 Å². The van der Waals surface area contributed by atoms with Gasteiger partial charge in [0, 0.05) is 29.7 Å². The number of aryl methyl sites for hydroxylation is 1. The molecule has 4 heteroatoms. The van der Waals surface area contributed by atoms with Gasteiger partial charge in [-0.25, -0.2) is 9.97 Å². The van der Waals surface area contributed by atoms with Gasteiger partial charge in [0.2, 0.25) is 0 Å². The summed E-state index contributed by atoms with van der Waals surface area (Å²) >= 11 is 0. The predicted molar refractivity (Wildman–Crippen MR) is 80.2 cm³/mol. The summed E-state index contributed by atoms with van der Waals surface area (Å²) in [7, 11) is 0. The van der Waals surface area contributed by atoms with E-state index in [1.807, 2.05) is 37.3 Å². The van der Waals surface area contributed by atoms with Crippen LogP contribution in [0.5, 0.6) is 0 Å². The Kier molecular flexibility index (Phi) is 3.40. The lowest BCUT2D eigenvalue weighted by Gasteiger charge is -2.14. The minimum atomic E-state index is 0.596. The summed E-state index contributed by atoms with van der Waals surface area (Å²) in [4.78, 5) is 12.4. The van der Waals surface area contributed by atoms with Gasteiger partial charge in [-0.1, -0.05) is 12.1 Å². The smallest absolute Gasteiger partial charge is 0.116 e. The molecule has 0 aliphatic rings. The Morgan fingerprint density at radius 2 is 1.90 bits per heavy atom. The number of nitriles is 1. The Labute approximate surface area is 122 Å². The third-order valence-corrected chi connectivity index (χ3v) is 3.32. The van der Waals surface area contributed by atoms with E-state index in [1.165, 1.54) is 6.33 Å². The van der Waals surface area contributed by atoms with Gasteiger partial charge in [-0.3, -0.25) is 4.98 Å². The van der Waals surface area contributed by atoms with E-state index in [-0.39, 0.29) is 0 Å². The van der Waals surface area contributed by atoms with Crippen molar-refractivity contribution in [3.8, 4) is 28.5 Å². The van der Waals surface area contributed by atoms with Gasteiger partial charge in [0.25, 0.3) is 0 Å². The first-order chi connectivity index (χ1) is 10.3. The van der Waals surface area contributed by atoms with E-state index in [4.69, 9.17) is 0 Å². The van der Waals surface area contributed by atoms with Crippen LogP contribution in [-0.4, -0.2) is 15.0 Å². The average molecular weight is 272 g/mol. The molecule has 0 spiro atoms.